The van der Waals surface area contributed by atoms with Crippen molar-refractivity contribution in [1.29, 1.82) is 5.41 Å². The summed E-state index contributed by atoms with van der Waals surface area (Å²) in [5, 5.41) is 8.75. The van der Waals surface area contributed by atoms with Gasteiger partial charge in [0.1, 0.15) is 5.04 Å². The standard InChI is InChI=1S/C22H27NO3S2/c1-7-14-11-12-15(17(13-14)20(23)28(25)22(2,3)4)19-16(21(24)26-5)9-8-10-18(19)27-6/h8-13,23H,7H2,1-6H3. The number of carbonyl (C=O) groups is 1. The molecular formula is C22H27NO3S2. The lowest BCUT2D eigenvalue weighted by molar-refractivity contribution is 0.0601. The normalized spacial score (nSPS) is 12.5. The van der Waals surface area contributed by atoms with Gasteiger partial charge in [-0.25, -0.2) is 4.79 Å². The molecule has 0 heterocycles. The molecule has 2 rings (SSSR count). The predicted octanol–water partition coefficient (Wildman–Crippen LogP) is 5.30. The first-order valence-corrected chi connectivity index (χ1v) is 11.4. The van der Waals surface area contributed by atoms with Crippen molar-refractivity contribution in [3.05, 3.63) is 53.1 Å². The molecule has 0 aliphatic heterocycles. The highest BCUT2D eigenvalue weighted by atomic mass is 32.2. The highest BCUT2D eigenvalue weighted by Gasteiger charge is 2.28. The molecule has 0 fully saturated rings. The van der Waals surface area contributed by atoms with E-state index in [0.717, 1.165) is 28.0 Å². The monoisotopic (exact) mass is 417 g/mol. The van der Waals surface area contributed by atoms with Crippen LogP contribution in [0.4, 0.5) is 0 Å². The Morgan fingerprint density at radius 3 is 2.39 bits per heavy atom. The van der Waals surface area contributed by atoms with E-state index in [1.54, 1.807) is 6.07 Å². The number of methoxy groups -OCH3 is 1. The van der Waals surface area contributed by atoms with Crippen LogP contribution in [0.1, 0.15) is 49.2 Å². The number of esters is 1. The summed E-state index contributed by atoms with van der Waals surface area (Å²) in [7, 11) is -0.138. The van der Waals surface area contributed by atoms with Crippen molar-refractivity contribution in [2.45, 2.75) is 43.8 Å². The van der Waals surface area contributed by atoms with Crippen LogP contribution in [-0.2, 0) is 22.0 Å². The Bertz CT molecular complexity index is 930. The van der Waals surface area contributed by atoms with Crippen LogP contribution >= 0.6 is 11.8 Å². The van der Waals surface area contributed by atoms with E-state index < -0.39 is 21.5 Å². The molecule has 0 spiro atoms. The second-order valence-electron chi connectivity index (χ2n) is 7.32. The van der Waals surface area contributed by atoms with E-state index in [1.165, 1.54) is 18.9 Å². The number of hydrogen-bond acceptors (Lipinski definition) is 5. The fourth-order valence-corrected chi connectivity index (χ4v) is 4.50. The molecular weight excluding hydrogens is 390 g/mol. The zero-order chi connectivity index (χ0) is 21.1. The van der Waals surface area contributed by atoms with Crippen LogP contribution in [-0.4, -0.2) is 33.3 Å². The van der Waals surface area contributed by atoms with Gasteiger partial charge in [0.25, 0.3) is 0 Å². The molecule has 28 heavy (non-hydrogen) atoms. The summed E-state index contributed by atoms with van der Waals surface area (Å²) >= 11 is 1.52. The summed E-state index contributed by atoms with van der Waals surface area (Å²) in [5.41, 5.74) is 3.53. The maximum atomic E-state index is 13.0. The first-order chi connectivity index (χ1) is 13.1. The zero-order valence-electron chi connectivity index (χ0n) is 17.2. The van der Waals surface area contributed by atoms with E-state index in [4.69, 9.17) is 10.1 Å². The van der Waals surface area contributed by atoms with Gasteiger partial charge in [-0.05, 0) is 62.8 Å². The Morgan fingerprint density at radius 2 is 1.86 bits per heavy atom. The van der Waals surface area contributed by atoms with E-state index in [9.17, 15) is 9.00 Å². The van der Waals surface area contributed by atoms with Gasteiger partial charge in [0.05, 0.1) is 23.5 Å². The van der Waals surface area contributed by atoms with Gasteiger partial charge in [-0.3, -0.25) is 9.62 Å². The Labute approximate surface area is 174 Å². The van der Waals surface area contributed by atoms with Gasteiger partial charge in [-0.15, -0.1) is 11.8 Å². The van der Waals surface area contributed by atoms with Crippen LogP contribution in [0.25, 0.3) is 11.1 Å². The summed E-state index contributed by atoms with van der Waals surface area (Å²) in [6.45, 7) is 7.61. The number of rotatable bonds is 5. The average molecular weight is 418 g/mol. The third-order valence-corrected chi connectivity index (χ3v) is 6.88. The van der Waals surface area contributed by atoms with Crippen LogP contribution in [0.2, 0.25) is 0 Å². The van der Waals surface area contributed by atoms with Crippen molar-refractivity contribution in [3.8, 4) is 11.1 Å². The number of carbonyl (C=O) groups excluding carboxylic acids is 1. The Balaban J connectivity index is 2.83. The second kappa shape index (κ2) is 9.05. The molecule has 2 aromatic rings. The smallest absolute Gasteiger partial charge is 0.338 e. The number of benzene rings is 2. The number of ether oxygens (including phenoxy) is 1. The van der Waals surface area contributed by atoms with Gasteiger partial charge in [0.15, 0.2) is 0 Å². The minimum atomic E-state index is -1.49. The lowest BCUT2D eigenvalue weighted by atomic mass is 9.93. The molecule has 0 aliphatic rings. The van der Waals surface area contributed by atoms with Crippen molar-refractivity contribution >= 4 is 33.6 Å². The van der Waals surface area contributed by atoms with E-state index in [0.29, 0.717) is 11.1 Å². The van der Waals surface area contributed by atoms with Crippen LogP contribution < -0.4 is 0 Å². The summed E-state index contributed by atoms with van der Waals surface area (Å²) in [4.78, 5) is 13.3. The molecule has 4 nitrogen and oxygen atoms in total. The molecule has 1 N–H and O–H groups in total. The third-order valence-electron chi connectivity index (χ3n) is 4.40. The molecule has 0 bridgehead atoms. The fraction of sp³-hybridized carbons (Fsp3) is 0.364. The quantitative estimate of drug-likeness (QED) is 0.310. The third kappa shape index (κ3) is 4.55. The van der Waals surface area contributed by atoms with Gasteiger partial charge in [-0.1, -0.05) is 25.1 Å². The molecule has 0 aliphatic carbocycles. The molecule has 1 atom stereocenters. The molecule has 6 heteroatoms. The Morgan fingerprint density at radius 1 is 1.18 bits per heavy atom. The minimum Gasteiger partial charge on any atom is -0.465 e. The maximum absolute atomic E-state index is 13.0. The largest absolute Gasteiger partial charge is 0.465 e. The number of thioether (sulfide) groups is 1. The predicted molar refractivity (Wildman–Crippen MR) is 119 cm³/mol. The van der Waals surface area contributed by atoms with Crippen LogP contribution in [0.15, 0.2) is 41.3 Å². The number of hydrogen-bond donors (Lipinski definition) is 1. The van der Waals surface area contributed by atoms with Crippen LogP contribution in [0.3, 0.4) is 0 Å². The van der Waals surface area contributed by atoms with Crippen molar-refractivity contribution in [1.82, 2.24) is 0 Å². The first-order valence-electron chi connectivity index (χ1n) is 9.05. The van der Waals surface area contributed by atoms with Crippen molar-refractivity contribution < 1.29 is 13.7 Å². The van der Waals surface area contributed by atoms with Crippen molar-refractivity contribution in [2.24, 2.45) is 0 Å². The molecule has 0 amide bonds. The molecule has 0 radical (unpaired) electrons. The van der Waals surface area contributed by atoms with Crippen molar-refractivity contribution in [2.75, 3.05) is 13.4 Å². The Kier molecular flexibility index (Phi) is 7.23. The summed E-state index contributed by atoms with van der Waals surface area (Å²) < 4.78 is 17.4. The topological polar surface area (TPSA) is 67.2 Å². The lowest BCUT2D eigenvalue weighted by Crippen LogP contribution is -2.28. The number of aryl methyl sites for hydroxylation is 1. The minimum absolute atomic E-state index is 0.0736. The highest BCUT2D eigenvalue weighted by Crippen LogP contribution is 2.37. The van der Waals surface area contributed by atoms with E-state index in [1.807, 2.05) is 64.3 Å². The van der Waals surface area contributed by atoms with Gasteiger partial charge >= 0.3 is 5.97 Å². The molecule has 1 unspecified atom stereocenters. The van der Waals surface area contributed by atoms with Gasteiger partial charge in [-0.2, -0.15) is 0 Å². The average Bonchev–Trinajstić information content (AvgIpc) is 2.70. The van der Waals surface area contributed by atoms with E-state index >= 15 is 0 Å². The van der Waals surface area contributed by atoms with Gasteiger partial charge in [0, 0.05) is 20.8 Å². The van der Waals surface area contributed by atoms with E-state index in [2.05, 4.69) is 0 Å². The molecule has 2 aromatic carbocycles. The molecule has 150 valence electrons. The van der Waals surface area contributed by atoms with Gasteiger partial charge in [0.2, 0.25) is 0 Å². The summed E-state index contributed by atoms with van der Waals surface area (Å²) in [6, 6.07) is 11.3. The summed E-state index contributed by atoms with van der Waals surface area (Å²) in [5.74, 6) is -0.431. The molecule has 0 saturated carbocycles. The molecule has 0 saturated heterocycles. The Hall–Kier alpha value is -1.92. The number of nitrogens with one attached hydrogen (secondary N) is 1. The zero-order valence-corrected chi connectivity index (χ0v) is 18.8. The van der Waals surface area contributed by atoms with Crippen LogP contribution in [0, 0.1) is 5.41 Å². The second-order valence-corrected chi connectivity index (χ2v) is 10.3. The fourth-order valence-electron chi connectivity index (χ4n) is 2.88. The van der Waals surface area contributed by atoms with Crippen LogP contribution in [0.5, 0.6) is 0 Å². The van der Waals surface area contributed by atoms with Crippen molar-refractivity contribution in [3.63, 3.8) is 0 Å². The first kappa shape index (κ1) is 22.4. The maximum Gasteiger partial charge on any atom is 0.338 e. The molecule has 0 aromatic heterocycles. The van der Waals surface area contributed by atoms with E-state index in [-0.39, 0.29) is 5.04 Å². The lowest BCUT2D eigenvalue weighted by Gasteiger charge is -2.22. The van der Waals surface area contributed by atoms with Gasteiger partial charge < -0.3 is 4.74 Å². The summed E-state index contributed by atoms with van der Waals surface area (Å²) in [6.07, 6.45) is 2.75. The SMILES string of the molecule is CCc1ccc(-c2c(SC)cccc2C(=O)OC)c(C(=N)S(=O)C(C)(C)C)c1. The highest BCUT2D eigenvalue weighted by molar-refractivity contribution is 8.02.